The summed E-state index contributed by atoms with van der Waals surface area (Å²) in [5, 5.41) is 4.61. The molecule has 0 bridgehead atoms. The highest BCUT2D eigenvalue weighted by Gasteiger charge is 2.36. The number of carbonyl (C=O) groups excluding carboxylic acids is 3. The normalized spacial score (nSPS) is 15.5. The maximum Gasteiger partial charge on any atom is 0.338 e. The molecule has 2 aromatic carbocycles. The third-order valence-corrected chi connectivity index (χ3v) is 6.77. The summed E-state index contributed by atoms with van der Waals surface area (Å²) in [4.78, 5) is 36.0. The molecule has 0 aromatic heterocycles. The van der Waals surface area contributed by atoms with Crippen molar-refractivity contribution in [3.63, 3.8) is 0 Å². The van der Waals surface area contributed by atoms with E-state index in [1.54, 1.807) is 32.9 Å². The van der Waals surface area contributed by atoms with Crippen molar-refractivity contribution >= 4 is 33.6 Å². The van der Waals surface area contributed by atoms with Crippen molar-refractivity contribution in [3.05, 3.63) is 59.7 Å². The quantitative estimate of drug-likeness (QED) is 0.644. The van der Waals surface area contributed by atoms with Gasteiger partial charge in [0.25, 0.3) is 15.9 Å². The van der Waals surface area contributed by atoms with Gasteiger partial charge in [0.2, 0.25) is 0 Å². The molecule has 9 nitrogen and oxygen atoms in total. The first-order valence-electron chi connectivity index (χ1n) is 10.4. The van der Waals surface area contributed by atoms with Gasteiger partial charge in [0.05, 0.1) is 16.1 Å². The number of benzene rings is 2. The first-order chi connectivity index (χ1) is 15.4. The van der Waals surface area contributed by atoms with Gasteiger partial charge < -0.3 is 10.1 Å². The Kier molecular flexibility index (Phi) is 6.78. The van der Waals surface area contributed by atoms with E-state index in [-0.39, 0.29) is 16.5 Å². The molecule has 0 radical (unpaired) electrons. The molecule has 0 saturated heterocycles. The molecule has 1 aliphatic heterocycles. The summed E-state index contributed by atoms with van der Waals surface area (Å²) in [6, 6.07) is 11.8. The number of sulfonamides is 1. The molecule has 33 heavy (non-hydrogen) atoms. The van der Waals surface area contributed by atoms with Crippen molar-refractivity contribution in [3.8, 4) is 0 Å². The van der Waals surface area contributed by atoms with Crippen LogP contribution in [0.15, 0.2) is 53.4 Å². The molecular weight excluding hydrogens is 446 g/mol. The number of fused-ring (bicyclic) bond motifs is 1. The van der Waals surface area contributed by atoms with E-state index in [2.05, 4.69) is 10.6 Å². The Balaban J connectivity index is 1.70. The number of nitrogens with zero attached hydrogens (tertiary/aromatic N) is 1. The Labute approximate surface area is 193 Å². The zero-order chi connectivity index (χ0) is 24.4. The van der Waals surface area contributed by atoms with E-state index in [1.807, 2.05) is 19.1 Å². The number of hydrogen-bond donors (Lipinski definition) is 2. The Bertz CT molecular complexity index is 1190. The molecule has 1 unspecified atom stereocenters. The number of amides is 3. The number of carbonyl (C=O) groups is 3. The SMILES string of the molecule is CC1Cc2ccccc2N1S(=O)(=O)c1cccc(C(=O)OCC(=O)NC(=O)NC(C)(C)C)c1. The lowest BCUT2D eigenvalue weighted by molar-refractivity contribution is -0.123. The van der Waals surface area contributed by atoms with Gasteiger partial charge in [-0.2, -0.15) is 0 Å². The number of urea groups is 1. The molecule has 0 fully saturated rings. The Morgan fingerprint density at radius 3 is 2.48 bits per heavy atom. The van der Waals surface area contributed by atoms with Crippen LogP contribution in [-0.4, -0.2) is 44.5 Å². The minimum Gasteiger partial charge on any atom is -0.452 e. The molecule has 1 atom stereocenters. The van der Waals surface area contributed by atoms with Crippen LogP contribution in [0.2, 0.25) is 0 Å². The second kappa shape index (κ2) is 9.22. The molecule has 1 heterocycles. The maximum absolute atomic E-state index is 13.3. The smallest absolute Gasteiger partial charge is 0.338 e. The summed E-state index contributed by atoms with van der Waals surface area (Å²) >= 11 is 0. The second-order valence-corrected chi connectivity index (χ2v) is 10.7. The molecule has 176 valence electrons. The van der Waals surface area contributed by atoms with Gasteiger partial charge in [0.15, 0.2) is 6.61 Å². The number of esters is 1. The predicted molar refractivity (Wildman–Crippen MR) is 122 cm³/mol. The predicted octanol–water partition coefficient (Wildman–Crippen LogP) is 2.61. The second-order valence-electron chi connectivity index (χ2n) is 8.84. The fourth-order valence-electron chi connectivity index (χ4n) is 3.55. The van der Waals surface area contributed by atoms with Crippen LogP contribution < -0.4 is 14.9 Å². The van der Waals surface area contributed by atoms with Crippen LogP contribution in [0.3, 0.4) is 0 Å². The molecule has 0 saturated carbocycles. The lowest BCUT2D eigenvalue weighted by atomic mass is 10.1. The minimum absolute atomic E-state index is 0.0249. The van der Waals surface area contributed by atoms with Crippen LogP contribution in [-0.2, 0) is 26.0 Å². The van der Waals surface area contributed by atoms with Crippen LogP contribution in [0.25, 0.3) is 0 Å². The standard InChI is InChI=1S/C23H27N3O6S/c1-15-12-16-8-5-6-11-19(16)26(15)33(30,31)18-10-7-9-17(13-18)21(28)32-14-20(27)24-22(29)25-23(2,3)4/h5-11,13,15H,12,14H2,1-4H3,(H2,24,25,27,29). The molecule has 3 amide bonds. The summed E-state index contributed by atoms with van der Waals surface area (Å²) in [5.74, 6) is -1.69. The van der Waals surface area contributed by atoms with Gasteiger partial charge >= 0.3 is 12.0 Å². The van der Waals surface area contributed by atoms with Crippen LogP contribution in [0, 0.1) is 0 Å². The molecule has 0 spiro atoms. The van der Waals surface area contributed by atoms with E-state index in [0.717, 1.165) is 5.56 Å². The number of rotatable bonds is 5. The largest absolute Gasteiger partial charge is 0.452 e. The summed E-state index contributed by atoms with van der Waals surface area (Å²) in [6.07, 6.45) is 0.592. The van der Waals surface area contributed by atoms with Crippen molar-refractivity contribution < 1.29 is 27.5 Å². The van der Waals surface area contributed by atoms with E-state index in [1.165, 1.54) is 28.6 Å². The Morgan fingerprint density at radius 1 is 1.09 bits per heavy atom. The van der Waals surface area contributed by atoms with Crippen LogP contribution in [0.1, 0.15) is 43.6 Å². The highest BCUT2D eigenvalue weighted by Crippen LogP contribution is 2.36. The van der Waals surface area contributed by atoms with Crippen molar-refractivity contribution in [1.82, 2.24) is 10.6 Å². The molecule has 3 rings (SSSR count). The number of hydrogen-bond acceptors (Lipinski definition) is 6. The van der Waals surface area contributed by atoms with Gasteiger partial charge in [-0.15, -0.1) is 0 Å². The number of ether oxygens (including phenoxy) is 1. The third kappa shape index (κ3) is 5.70. The number of nitrogens with one attached hydrogen (secondary N) is 2. The number of imide groups is 1. The van der Waals surface area contributed by atoms with Gasteiger partial charge in [-0.05, 0) is 63.9 Å². The van der Waals surface area contributed by atoms with Gasteiger partial charge in [0, 0.05) is 11.6 Å². The summed E-state index contributed by atoms with van der Waals surface area (Å²) in [6.45, 7) is 6.38. The van der Waals surface area contributed by atoms with Gasteiger partial charge in [0.1, 0.15) is 0 Å². The Morgan fingerprint density at radius 2 is 1.79 bits per heavy atom. The zero-order valence-electron chi connectivity index (χ0n) is 18.9. The average molecular weight is 474 g/mol. The van der Waals surface area contributed by atoms with Crippen LogP contribution >= 0.6 is 0 Å². The maximum atomic E-state index is 13.3. The van der Waals surface area contributed by atoms with Crippen molar-refractivity contribution in [2.45, 2.75) is 50.6 Å². The molecule has 0 aliphatic carbocycles. The summed E-state index contributed by atoms with van der Waals surface area (Å²) in [5.41, 5.74) is 0.984. The molecule has 10 heteroatoms. The van der Waals surface area contributed by atoms with E-state index in [0.29, 0.717) is 12.1 Å². The highest BCUT2D eigenvalue weighted by atomic mass is 32.2. The van der Waals surface area contributed by atoms with Crippen molar-refractivity contribution in [2.75, 3.05) is 10.9 Å². The topological polar surface area (TPSA) is 122 Å². The van der Waals surface area contributed by atoms with E-state index in [9.17, 15) is 22.8 Å². The monoisotopic (exact) mass is 473 g/mol. The fraction of sp³-hybridized carbons (Fsp3) is 0.348. The van der Waals surface area contributed by atoms with Gasteiger partial charge in [-0.3, -0.25) is 14.4 Å². The van der Waals surface area contributed by atoms with Gasteiger partial charge in [-0.1, -0.05) is 24.3 Å². The third-order valence-electron chi connectivity index (χ3n) is 4.85. The van der Waals surface area contributed by atoms with Crippen molar-refractivity contribution in [2.24, 2.45) is 0 Å². The van der Waals surface area contributed by atoms with Gasteiger partial charge in [-0.25, -0.2) is 18.0 Å². The Hall–Kier alpha value is -3.40. The first-order valence-corrected chi connectivity index (χ1v) is 11.8. The zero-order valence-corrected chi connectivity index (χ0v) is 19.7. The highest BCUT2D eigenvalue weighted by molar-refractivity contribution is 7.92. The lowest BCUT2D eigenvalue weighted by Gasteiger charge is -2.24. The van der Waals surface area contributed by atoms with E-state index >= 15 is 0 Å². The van der Waals surface area contributed by atoms with Crippen molar-refractivity contribution in [1.29, 1.82) is 0 Å². The van der Waals surface area contributed by atoms with E-state index < -0.39 is 40.1 Å². The molecule has 1 aliphatic rings. The first kappa shape index (κ1) is 24.2. The average Bonchev–Trinajstić information content (AvgIpc) is 3.07. The molecular formula is C23H27N3O6S. The molecule has 2 N–H and O–H groups in total. The number of para-hydroxylation sites is 1. The molecule has 2 aromatic rings. The fourth-order valence-corrected chi connectivity index (χ4v) is 5.29. The number of anilines is 1. The minimum atomic E-state index is -3.93. The van der Waals surface area contributed by atoms with Crippen LogP contribution in [0.4, 0.5) is 10.5 Å². The summed E-state index contributed by atoms with van der Waals surface area (Å²) in [7, 11) is -3.93. The van der Waals surface area contributed by atoms with Crippen LogP contribution in [0.5, 0.6) is 0 Å². The summed E-state index contributed by atoms with van der Waals surface area (Å²) < 4.78 is 33.0. The lowest BCUT2D eigenvalue weighted by Crippen LogP contribution is -2.49. The van der Waals surface area contributed by atoms with E-state index in [4.69, 9.17) is 4.74 Å².